The first-order valence-corrected chi connectivity index (χ1v) is 7.07. The van der Waals surface area contributed by atoms with E-state index in [1.807, 2.05) is 0 Å². The van der Waals surface area contributed by atoms with Crippen LogP contribution in [0.3, 0.4) is 0 Å². The predicted molar refractivity (Wildman–Crippen MR) is 59.3 cm³/mol. The van der Waals surface area contributed by atoms with Crippen molar-refractivity contribution in [2.24, 2.45) is 5.73 Å². The molecule has 1 aliphatic carbocycles. The van der Waals surface area contributed by atoms with Crippen molar-refractivity contribution in [2.75, 3.05) is 6.26 Å². The summed E-state index contributed by atoms with van der Waals surface area (Å²) in [5.74, 6) is -2.10. The van der Waals surface area contributed by atoms with E-state index >= 15 is 0 Å². The van der Waals surface area contributed by atoms with Gasteiger partial charge >= 0.3 is 0 Å². The third-order valence-corrected chi connectivity index (χ3v) is 4.01. The van der Waals surface area contributed by atoms with Crippen molar-refractivity contribution in [1.29, 1.82) is 0 Å². The van der Waals surface area contributed by atoms with Crippen molar-refractivity contribution in [2.45, 2.75) is 29.7 Å². The van der Waals surface area contributed by atoms with E-state index in [0.29, 0.717) is 12.0 Å². The van der Waals surface area contributed by atoms with Gasteiger partial charge in [-0.05, 0) is 37.0 Å². The van der Waals surface area contributed by atoms with E-state index in [2.05, 4.69) is 0 Å². The molecule has 6 heteroatoms. The van der Waals surface area contributed by atoms with Gasteiger partial charge in [-0.15, -0.1) is 0 Å². The summed E-state index contributed by atoms with van der Waals surface area (Å²) in [6.45, 7) is 0. The summed E-state index contributed by atoms with van der Waals surface area (Å²) in [6, 6.07) is 2.10. The fraction of sp³-hybridized carbons (Fsp3) is 0.455. The van der Waals surface area contributed by atoms with Gasteiger partial charge in [0.1, 0.15) is 16.5 Å². The van der Waals surface area contributed by atoms with Crippen LogP contribution in [0.1, 0.15) is 18.4 Å². The average Bonchev–Trinajstić information content (AvgIpc) is 2.78. The van der Waals surface area contributed by atoms with E-state index in [1.54, 1.807) is 0 Å². The lowest BCUT2D eigenvalue weighted by molar-refractivity contribution is 0.516. The molecule has 2 N–H and O–H groups in total. The molecular weight excluding hydrogens is 248 g/mol. The van der Waals surface area contributed by atoms with Crippen LogP contribution in [0.25, 0.3) is 0 Å². The Morgan fingerprint density at radius 2 is 1.76 bits per heavy atom. The first-order valence-electron chi connectivity index (χ1n) is 5.18. The number of sulfone groups is 1. The topological polar surface area (TPSA) is 60.2 Å². The Kier molecular flexibility index (Phi) is 2.74. The largest absolute Gasteiger partial charge is 0.325 e. The molecule has 1 aliphatic rings. The maximum Gasteiger partial charge on any atom is 0.181 e. The van der Waals surface area contributed by atoms with Gasteiger partial charge in [-0.25, -0.2) is 17.2 Å². The number of rotatable bonds is 3. The molecule has 1 aromatic carbocycles. The molecule has 3 nitrogen and oxygen atoms in total. The van der Waals surface area contributed by atoms with E-state index < -0.39 is 26.4 Å². The summed E-state index contributed by atoms with van der Waals surface area (Å²) in [6.07, 6.45) is 2.79. The Balaban J connectivity index is 2.41. The first-order chi connectivity index (χ1) is 7.71. The van der Waals surface area contributed by atoms with Crippen LogP contribution in [-0.2, 0) is 16.3 Å². The summed E-state index contributed by atoms with van der Waals surface area (Å²) in [5.41, 5.74) is 5.87. The van der Waals surface area contributed by atoms with Crippen LogP contribution in [0.5, 0.6) is 0 Å². The van der Waals surface area contributed by atoms with Crippen molar-refractivity contribution >= 4 is 9.84 Å². The fourth-order valence-corrected chi connectivity index (χ4v) is 2.64. The standard InChI is InChI=1S/C11H13F2NO2S/c1-17(15,16)10-8(12)4-7(5-9(10)13)6-11(14)2-3-11/h4-5H,2-3,6,14H2,1H3. The van der Waals surface area contributed by atoms with Crippen LogP contribution >= 0.6 is 0 Å². The third kappa shape index (κ3) is 2.63. The van der Waals surface area contributed by atoms with E-state index in [1.165, 1.54) is 0 Å². The third-order valence-electron chi connectivity index (χ3n) is 2.88. The Morgan fingerprint density at radius 3 is 2.12 bits per heavy atom. The Hall–Kier alpha value is -1.01. The highest BCUT2D eigenvalue weighted by Gasteiger charge is 2.38. The molecule has 94 valence electrons. The van der Waals surface area contributed by atoms with Crippen LogP contribution in [-0.4, -0.2) is 20.2 Å². The molecule has 0 amide bonds. The SMILES string of the molecule is CS(=O)(=O)c1c(F)cc(CC2(N)CC2)cc1F. The Bertz CT molecular complexity index is 542. The first kappa shape index (κ1) is 12.4. The van der Waals surface area contributed by atoms with Gasteiger partial charge in [0, 0.05) is 11.8 Å². The molecule has 0 bridgehead atoms. The average molecular weight is 261 g/mol. The van der Waals surface area contributed by atoms with Gasteiger partial charge in [-0.3, -0.25) is 0 Å². The summed E-state index contributed by atoms with van der Waals surface area (Å²) < 4.78 is 49.4. The second-order valence-corrected chi connectivity index (χ2v) is 6.65. The molecule has 0 heterocycles. The number of nitrogens with two attached hydrogens (primary N) is 1. The molecule has 0 aromatic heterocycles. The van der Waals surface area contributed by atoms with Crippen molar-refractivity contribution < 1.29 is 17.2 Å². The number of hydrogen-bond acceptors (Lipinski definition) is 3. The Labute approximate surface area is 98.5 Å². The number of benzene rings is 1. The summed E-state index contributed by atoms with van der Waals surface area (Å²) in [5, 5.41) is 0. The molecule has 17 heavy (non-hydrogen) atoms. The molecule has 0 unspecified atom stereocenters. The fourth-order valence-electron chi connectivity index (χ4n) is 1.81. The van der Waals surface area contributed by atoms with E-state index in [4.69, 9.17) is 5.73 Å². The van der Waals surface area contributed by atoms with Crippen molar-refractivity contribution in [1.82, 2.24) is 0 Å². The zero-order valence-corrected chi connectivity index (χ0v) is 10.2. The monoisotopic (exact) mass is 261 g/mol. The lowest BCUT2D eigenvalue weighted by Crippen LogP contribution is -2.24. The molecular formula is C11H13F2NO2S. The zero-order valence-electron chi connectivity index (χ0n) is 9.33. The van der Waals surface area contributed by atoms with Crippen LogP contribution in [0.4, 0.5) is 8.78 Å². The second kappa shape index (κ2) is 3.74. The smallest absolute Gasteiger partial charge is 0.181 e. The molecule has 1 fully saturated rings. The maximum atomic E-state index is 13.5. The minimum Gasteiger partial charge on any atom is -0.325 e. The molecule has 0 atom stereocenters. The lowest BCUT2D eigenvalue weighted by atomic mass is 10.0. The van der Waals surface area contributed by atoms with Gasteiger partial charge in [-0.1, -0.05) is 0 Å². The summed E-state index contributed by atoms with van der Waals surface area (Å²) in [4.78, 5) is -0.872. The summed E-state index contributed by atoms with van der Waals surface area (Å²) >= 11 is 0. The number of hydrogen-bond donors (Lipinski definition) is 1. The molecule has 1 aromatic rings. The van der Waals surface area contributed by atoms with Gasteiger partial charge in [0.15, 0.2) is 9.84 Å². The van der Waals surface area contributed by atoms with Crippen molar-refractivity contribution in [3.8, 4) is 0 Å². The zero-order chi connectivity index (χ0) is 12.8. The molecule has 0 spiro atoms. The second-order valence-electron chi connectivity index (χ2n) is 4.70. The molecule has 2 rings (SSSR count). The van der Waals surface area contributed by atoms with E-state index in [9.17, 15) is 17.2 Å². The van der Waals surface area contributed by atoms with Crippen LogP contribution in [0, 0.1) is 11.6 Å². The highest BCUT2D eigenvalue weighted by Crippen LogP contribution is 2.36. The molecule has 1 saturated carbocycles. The lowest BCUT2D eigenvalue weighted by Gasteiger charge is -2.10. The van der Waals surface area contributed by atoms with Crippen LogP contribution < -0.4 is 5.73 Å². The predicted octanol–water partition coefficient (Wildman–Crippen LogP) is 1.40. The molecule has 0 saturated heterocycles. The Morgan fingerprint density at radius 1 is 1.29 bits per heavy atom. The highest BCUT2D eigenvalue weighted by atomic mass is 32.2. The highest BCUT2D eigenvalue weighted by molar-refractivity contribution is 7.90. The number of halogens is 2. The normalized spacial score (nSPS) is 18.1. The van der Waals surface area contributed by atoms with E-state index in [0.717, 1.165) is 31.2 Å². The van der Waals surface area contributed by atoms with Gasteiger partial charge in [0.2, 0.25) is 0 Å². The van der Waals surface area contributed by atoms with Gasteiger partial charge in [0.05, 0.1) is 0 Å². The quantitative estimate of drug-likeness (QED) is 0.894. The van der Waals surface area contributed by atoms with Gasteiger partial charge < -0.3 is 5.73 Å². The minimum atomic E-state index is -3.89. The van der Waals surface area contributed by atoms with E-state index in [-0.39, 0.29) is 5.54 Å². The van der Waals surface area contributed by atoms with Crippen LogP contribution in [0.2, 0.25) is 0 Å². The van der Waals surface area contributed by atoms with Gasteiger partial charge in [-0.2, -0.15) is 0 Å². The van der Waals surface area contributed by atoms with Crippen molar-refractivity contribution in [3.63, 3.8) is 0 Å². The molecule has 0 aliphatic heterocycles. The van der Waals surface area contributed by atoms with Gasteiger partial charge in [0.25, 0.3) is 0 Å². The van der Waals surface area contributed by atoms with Crippen molar-refractivity contribution in [3.05, 3.63) is 29.3 Å². The van der Waals surface area contributed by atoms with Crippen LogP contribution in [0.15, 0.2) is 17.0 Å². The minimum absolute atomic E-state index is 0.366. The molecule has 0 radical (unpaired) electrons. The summed E-state index contributed by atoms with van der Waals surface area (Å²) in [7, 11) is -3.89. The maximum absolute atomic E-state index is 13.5.